The number of sulfonamides is 1. The largest absolute Gasteiger partial charge is 0.398 e. The second-order valence-electron chi connectivity index (χ2n) is 3.90. The average molecular weight is 392 g/mol. The Morgan fingerprint density at radius 3 is 2.71 bits per heavy atom. The van der Waals surface area contributed by atoms with Gasteiger partial charge < -0.3 is 11.1 Å². The molecule has 0 aliphatic carbocycles. The molecule has 112 valence electrons. The Hall–Kier alpha value is -1.72. The van der Waals surface area contributed by atoms with Crippen LogP contribution in [0.1, 0.15) is 6.92 Å². The van der Waals surface area contributed by atoms with Crippen molar-refractivity contribution in [3.63, 3.8) is 0 Å². The van der Waals surface area contributed by atoms with E-state index in [1.165, 1.54) is 19.1 Å². The summed E-state index contributed by atoms with van der Waals surface area (Å²) in [6.45, 7) is 1.29. The number of hydrogen-bond donors (Lipinski definition) is 3. The molecule has 0 aliphatic rings. The minimum Gasteiger partial charge on any atom is -0.398 e. The van der Waals surface area contributed by atoms with Crippen LogP contribution in [0.5, 0.6) is 0 Å². The van der Waals surface area contributed by atoms with Gasteiger partial charge in [-0.2, -0.15) is 8.42 Å². The number of aromatic nitrogens is 2. The van der Waals surface area contributed by atoms with E-state index >= 15 is 0 Å². The third-order valence-electron chi connectivity index (χ3n) is 2.17. The van der Waals surface area contributed by atoms with Gasteiger partial charge >= 0.3 is 0 Å². The SMILES string of the molecule is CC(=O)Nc1nnc(S(=O)(=O)Nc2ccc(N)c(Br)c2)s1. The van der Waals surface area contributed by atoms with Crippen molar-refractivity contribution in [3.05, 3.63) is 22.7 Å². The van der Waals surface area contributed by atoms with Gasteiger partial charge in [0, 0.05) is 17.1 Å². The molecule has 0 radical (unpaired) electrons. The summed E-state index contributed by atoms with van der Waals surface area (Å²) >= 11 is 3.96. The molecule has 0 saturated heterocycles. The molecule has 0 bridgehead atoms. The van der Waals surface area contributed by atoms with Gasteiger partial charge in [-0.3, -0.25) is 9.52 Å². The Kier molecular flexibility index (Phi) is 4.44. The molecule has 0 unspecified atom stereocenters. The molecule has 1 amide bonds. The number of halogens is 1. The third kappa shape index (κ3) is 3.89. The van der Waals surface area contributed by atoms with Crippen LogP contribution in [0, 0.1) is 0 Å². The van der Waals surface area contributed by atoms with Crippen LogP contribution in [-0.4, -0.2) is 24.5 Å². The maximum atomic E-state index is 12.1. The normalized spacial score (nSPS) is 11.1. The van der Waals surface area contributed by atoms with E-state index < -0.39 is 10.0 Å². The van der Waals surface area contributed by atoms with Gasteiger partial charge in [-0.05, 0) is 34.1 Å². The fraction of sp³-hybridized carbons (Fsp3) is 0.100. The lowest BCUT2D eigenvalue weighted by Gasteiger charge is -2.06. The summed E-state index contributed by atoms with van der Waals surface area (Å²) in [4.78, 5) is 10.9. The van der Waals surface area contributed by atoms with Crippen LogP contribution in [0.25, 0.3) is 0 Å². The highest BCUT2D eigenvalue weighted by atomic mass is 79.9. The number of nitrogens with one attached hydrogen (secondary N) is 2. The van der Waals surface area contributed by atoms with Crippen molar-refractivity contribution in [1.29, 1.82) is 0 Å². The number of amides is 1. The highest BCUT2D eigenvalue weighted by molar-refractivity contribution is 9.10. The first-order valence-corrected chi connectivity index (χ1v) is 8.56. The molecule has 0 saturated carbocycles. The van der Waals surface area contributed by atoms with Gasteiger partial charge in [-0.15, -0.1) is 10.2 Å². The van der Waals surface area contributed by atoms with E-state index in [0.717, 1.165) is 11.3 Å². The van der Waals surface area contributed by atoms with E-state index in [1.807, 2.05) is 0 Å². The standard InChI is InChI=1S/C10H10BrN5O3S2/c1-5(17)13-9-14-15-10(20-9)21(18,19)16-6-2-3-8(12)7(11)4-6/h2-4,16H,12H2,1H3,(H,13,14,17). The highest BCUT2D eigenvalue weighted by Crippen LogP contribution is 2.26. The lowest BCUT2D eigenvalue weighted by Crippen LogP contribution is -2.12. The molecule has 21 heavy (non-hydrogen) atoms. The van der Waals surface area contributed by atoms with Gasteiger partial charge in [-0.1, -0.05) is 11.3 Å². The number of nitrogens with zero attached hydrogens (tertiary/aromatic N) is 2. The van der Waals surface area contributed by atoms with Crippen LogP contribution in [0.15, 0.2) is 27.0 Å². The predicted octanol–water partition coefficient (Wildman–Crippen LogP) is 1.64. The predicted molar refractivity (Wildman–Crippen MR) is 83.6 cm³/mol. The van der Waals surface area contributed by atoms with Crippen molar-refractivity contribution in [2.45, 2.75) is 11.3 Å². The lowest BCUT2D eigenvalue weighted by atomic mass is 10.3. The molecule has 8 nitrogen and oxygen atoms in total. The fourth-order valence-corrected chi connectivity index (χ4v) is 3.68. The lowest BCUT2D eigenvalue weighted by molar-refractivity contribution is -0.114. The minimum atomic E-state index is -3.88. The van der Waals surface area contributed by atoms with Gasteiger partial charge in [0.15, 0.2) is 0 Å². The van der Waals surface area contributed by atoms with E-state index in [4.69, 9.17) is 5.73 Å². The third-order valence-corrected chi connectivity index (χ3v) is 5.45. The van der Waals surface area contributed by atoms with E-state index in [2.05, 4.69) is 36.2 Å². The first-order chi connectivity index (χ1) is 9.78. The smallest absolute Gasteiger partial charge is 0.291 e. The Labute approximate surface area is 132 Å². The number of benzene rings is 1. The van der Waals surface area contributed by atoms with E-state index in [1.54, 1.807) is 6.07 Å². The number of hydrogen-bond acceptors (Lipinski definition) is 7. The van der Waals surface area contributed by atoms with Crippen LogP contribution in [0.4, 0.5) is 16.5 Å². The summed E-state index contributed by atoms with van der Waals surface area (Å²) in [6.07, 6.45) is 0. The van der Waals surface area contributed by atoms with Crippen molar-refractivity contribution in [1.82, 2.24) is 10.2 Å². The van der Waals surface area contributed by atoms with Crippen LogP contribution >= 0.6 is 27.3 Å². The van der Waals surface area contributed by atoms with Crippen molar-refractivity contribution in [2.24, 2.45) is 0 Å². The Morgan fingerprint density at radius 1 is 1.38 bits per heavy atom. The van der Waals surface area contributed by atoms with E-state index in [-0.39, 0.29) is 15.4 Å². The summed E-state index contributed by atoms with van der Waals surface area (Å²) in [7, 11) is -3.88. The molecule has 1 heterocycles. The summed E-state index contributed by atoms with van der Waals surface area (Å²) < 4.78 is 26.9. The minimum absolute atomic E-state index is 0.112. The van der Waals surface area contributed by atoms with Crippen LogP contribution in [-0.2, 0) is 14.8 Å². The van der Waals surface area contributed by atoms with Crippen molar-refractivity contribution >= 4 is 59.7 Å². The Balaban J connectivity index is 2.23. The molecular weight excluding hydrogens is 382 g/mol. The van der Waals surface area contributed by atoms with Gasteiger partial charge in [0.1, 0.15) is 0 Å². The molecule has 0 spiro atoms. The molecule has 11 heteroatoms. The van der Waals surface area contributed by atoms with Crippen LogP contribution in [0.2, 0.25) is 0 Å². The van der Waals surface area contributed by atoms with Crippen molar-refractivity contribution < 1.29 is 13.2 Å². The van der Waals surface area contributed by atoms with Crippen LogP contribution < -0.4 is 15.8 Å². The number of rotatable bonds is 4. The zero-order valence-electron chi connectivity index (χ0n) is 10.6. The molecular formula is C10H10BrN5O3S2. The molecule has 2 aromatic rings. The summed E-state index contributed by atoms with van der Waals surface area (Å²) in [5.41, 5.74) is 6.44. The van der Waals surface area contributed by atoms with Gasteiger partial charge in [0.25, 0.3) is 14.4 Å². The first-order valence-electron chi connectivity index (χ1n) is 5.47. The van der Waals surface area contributed by atoms with E-state index in [0.29, 0.717) is 15.8 Å². The number of anilines is 3. The second-order valence-corrected chi connectivity index (χ2v) is 7.58. The van der Waals surface area contributed by atoms with Crippen molar-refractivity contribution in [3.8, 4) is 0 Å². The molecule has 1 aromatic carbocycles. The number of carbonyl (C=O) groups is 1. The quantitative estimate of drug-likeness (QED) is 0.536. The number of nitrogen functional groups attached to an aromatic ring is 1. The monoisotopic (exact) mass is 391 g/mol. The molecule has 0 aliphatic heterocycles. The molecule has 1 aromatic heterocycles. The molecule has 0 atom stereocenters. The maximum Gasteiger partial charge on any atom is 0.291 e. The summed E-state index contributed by atoms with van der Waals surface area (Å²) in [6, 6.07) is 4.61. The molecule has 2 rings (SSSR count). The van der Waals surface area contributed by atoms with Gasteiger partial charge in [-0.25, -0.2) is 0 Å². The summed E-state index contributed by atoms with van der Waals surface area (Å²) in [5, 5.41) is 9.61. The average Bonchev–Trinajstić information content (AvgIpc) is 2.82. The molecule has 0 fully saturated rings. The maximum absolute atomic E-state index is 12.1. The topological polar surface area (TPSA) is 127 Å². The van der Waals surface area contributed by atoms with Gasteiger partial charge in [0.05, 0.1) is 5.69 Å². The Bertz CT molecular complexity index is 790. The van der Waals surface area contributed by atoms with Crippen LogP contribution in [0.3, 0.4) is 0 Å². The number of nitrogens with two attached hydrogens (primary N) is 1. The zero-order chi connectivity index (χ0) is 15.6. The van der Waals surface area contributed by atoms with Gasteiger partial charge in [0.2, 0.25) is 11.0 Å². The Morgan fingerprint density at radius 2 is 2.10 bits per heavy atom. The molecule has 4 N–H and O–H groups in total. The fourth-order valence-electron chi connectivity index (χ4n) is 1.31. The van der Waals surface area contributed by atoms with E-state index in [9.17, 15) is 13.2 Å². The first kappa shape index (κ1) is 15.7. The highest BCUT2D eigenvalue weighted by Gasteiger charge is 2.21. The number of carbonyl (C=O) groups excluding carboxylic acids is 1. The summed E-state index contributed by atoms with van der Waals surface area (Å²) in [5.74, 6) is -0.356. The van der Waals surface area contributed by atoms with Crippen molar-refractivity contribution in [2.75, 3.05) is 15.8 Å². The second kappa shape index (κ2) is 5.95. The zero-order valence-corrected chi connectivity index (χ0v) is 13.8.